The molecule has 0 saturated heterocycles. The van der Waals surface area contributed by atoms with Crippen molar-refractivity contribution < 1.29 is 4.79 Å². The van der Waals surface area contributed by atoms with Crippen LogP contribution in [0.3, 0.4) is 0 Å². The second kappa shape index (κ2) is 6.68. The second-order valence-corrected chi connectivity index (χ2v) is 7.19. The molecule has 0 radical (unpaired) electrons. The zero-order valence-electron chi connectivity index (χ0n) is 11.1. The molecule has 1 heterocycles. The number of hydrogen-bond acceptors (Lipinski definition) is 4. The Morgan fingerprint density at radius 1 is 0.909 bits per heavy atom. The van der Waals surface area contributed by atoms with Crippen molar-refractivity contribution in [2.75, 3.05) is 5.32 Å². The van der Waals surface area contributed by atoms with Gasteiger partial charge < -0.3 is 0 Å². The number of carbonyl (C=O) groups is 1. The third kappa shape index (κ3) is 3.60. The van der Waals surface area contributed by atoms with Crippen molar-refractivity contribution >= 4 is 54.2 Å². The number of amides is 1. The highest BCUT2D eigenvalue weighted by Gasteiger charge is 2.11. The Kier molecular flexibility index (Phi) is 4.66. The van der Waals surface area contributed by atoms with Gasteiger partial charge in [-0.1, -0.05) is 55.3 Å². The molecule has 1 aromatic heterocycles. The number of carbonyl (C=O) groups excluding carboxylic acids is 1. The van der Waals surface area contributed by atoms with Gasteiger partial charge in [-0.3, -0.25) is 10.1 Å². The van der Waals surface area contributed by atoms with E-state index in [0.29, 0.717) is 10.7 Å². The monoisotopic (exact) mass is 437 g/mol. The van der Waals surface area contributed by atoms with E-state index in [1.807, 2.05) is 36.4 Å². The maximum atomic E-state index is 12.1. The van der Waals surface area contributed by atoms with E-state index in [1.54, 1.807) is 12.1 Å². The minimum Gasteiger partial charge on any atom is -0.296 e. The number of nitrogens with one attached hydrogen (secondary N) is 1. The van der Waals surface area contributed by atoms with Crippen LogP contribution < -0.4 is 5.32 Å². The molecule has 0 unspecified atom stereocenters. The summed E-state index contributed by atoms with van der Waals surface area (Å²) in [7, 11) is 0. The molecule has 0 fully saturated rings. The molecule has 7 heteroatoms. The topological polar surface area (TPSA) is 54.9 Å². The summed E-state index contributed by atoms with van der Waals surface area (Å²) in [5.74, 6) is -0.203. The summed E-state index contributed by atoms with van der Waals surface area (Å²) in [4.78, 5) is 12.1. The first-order valence-electron chi connectivity index (χ1n) is 6.28. The average molecular weight is 439 g/mol. The molecule has 0 aliphatic heterocycles. The summed E-state index contributed by atoms with van der Waals surface area (Å²) in [5, 5.41) is 12.1. The van der Waals surface area contributed by atoms with Crippen LogP contribution in [0.15, 0.2) is 57.5 Å². The normalized spacial score (nSPS) is 10.5. The van der Waals surface area contributed by atoms with Gasteiger partial charge in [0, 0.05) is 20.1 Å². The van der Waals surface area contributed by atoms with Crippen LogP contribution in [0.4, 0.5) is 5.13 Å². The van der Waals surface area contributed by atoms with E-state index in [4.69, 9.17) is 0 Å². The van der Waals surface area contributed by atoms with Crippen molar-refractivity contribution in [2.45, 2.75) is 0 Å². The fourth-order valence-corrected chi connectivity index (χ4v) is 3.03. The van der Waals surface area contributed by atoms with E-state index in [9.17, 15) is 4.79 Å². The van der Waals surface area contributed by atoms with E-state index >= 15 is 0 Å². The maximum absolute atomic E-state index is 12.1. The van der Waals surface area contributed by atoms with Gasteiger partial charge >= 0.3 is 0 Å². The first-order chi connectivity index (χ1) is 10.6. The SMILES string of the molecule is O=C(Nc1nnc(-c2ccc(Br)cc2)s1)c1ccc(Br)cc1. The van der Waals surface area contributed by atoms with E-state index < -0.39 is 0 Å². The molecule has 4 nitrogen and oxygen atoms in total. The van der Waals surface area contributed by atoms with Gasteiger partial charge in [0.25, 0.3) is 5.91 Å². The molecule has 1 N–H and O–H groups in total. The molecule has 0 bridgehead atoms. The number of benzene rings is 2. The van der Waals surface area contributed by atoms with Gasteiger partial charge in [-0.15, -0.1) is 10.2 Å². The van der Waals surface area contributed by atoms with Crippen molar-refractivity contribution in [3.63, 3.8) is 0 Å². The summed E-state index contributed by atoms with van der Waals surface area (Å²) in [6.07, 6.45) is 0. The molecule has 22 heavy (non-hydrogen) atoms. The van der Waals surface area contributed by atoms with Crippen LogP contribution >= 0.6 is 43.2 Å². The Morgan fingerprint density at radius 2 is 1.50 bits per heavy atom. The summed E-state index contributed by atoms with van der Waals surface area (Å²) < 4.78 is 1.93. The van der Waals surface area contributed by atoms with E-state index in [1.165, 1.54) is 11.3 Å². The lowest BCUT2D eigenvalue weighted by Gasteiger charge is -2.00. The first-order valence-corrected chi connectivity index (χ1v) is 8.68. The Balaban J connectivity index is 1.75. The number of hydrogen-bond donors (Lipinski definition) is 1. The highest BCUT2D eigenvalue weighted by atomic mass is 79.9. The molecular formula is C15H9Br2N3OS. The largest absolute Gasteiger partial charge is 0.296 e. The van der Waals surface area contributed by atoms with E-state index in [2.05, 4.69) is 47.4 Å². The Hall–Kier alpha value is -1.57. The van der Waals surface area contributed by atoms with Crippen molar-refractivity contribution in [3.05, 3.63) is 63.0 Å². The molecule has 0 saturated carbocycles. The molecule has 2 aromatic carbocycles. The molecule has 1 amide bonds. The lowest BCUT2D eigenvalue weighted by atomic mass is 10.2. The zero-order valence-corrected chi connectivity index (χ0v) is 15.1. The van der Waals surface area contributed by atoms with E-state index in [0.717, 1.165) is 19.5 Å². The summed E-state index contributed by atoms with van der Waals surface area (Å²) in [6, 6.07) is 14.9. The quantitative estimate of drug-likeness (QED) is 0.627. The lowest BCUT2D eigenvalue weighted by Crippen LogP contribution is -2.11. The highest BCUT2D eigenvalue weighted by Crippen LogP contribution is 2.27. The molecule has 3 rings (SSSR count). The number of aromatic nitrogens is 2. The zero-order chi connectivity index (χ0) is 15.5. The smallest absolute Gasteiger partial charge is 0.257 e. The molecule has 0 aliphatic rings. The van der Waals surface area contributed by atoms with Gasteiger partial charge in [0.1, 0.15) is 5.01 Å². The predicted molar refractivity (Wildman–Crippen MR) is 95.1 cm³/mol. The predicted octanol–water partition coefficient (Wildman–Crippen LogP) is 4.98. The van der Waals surface area contributed by atoms with Crippen molar-refractivity contribution in [3.8, 4) is 10.6 Å². The fourth-order valence-electron chi connectivity index (χ4n) is 1.75. The molecule has 110 valence electrons. The second-order valence-electron chi connectivity index (χ2n) is 4.38. The van der Waals surface area contributed by atoms with Crippen molar-refractivity contribution in [1.82, 2.24) is 10.2 Å². The summed E-state index contributed by atoms with van der Waals surface area (Å²) in [6.45, 7) is 0. The minimum atomic E-state index is -0.203. The summed E-state index contributed by atoms with van der Waals surface area (Å²) >= 11 is 8.07. The van der Waals surface area contributed by atoms with Crippen molar-refractivity contribution in [1.29, 1.82) is 0 Å². The molecule has 0 aliphatic carbocycles. The van der Waals surface area contributed by atoms with Crippen LogP contribution in [0.25, 0.3) is 10.6 Å². The first kappa shape index (κ1) is 15.3. The standard InChI is InChI=1S/C15H9Br2N3OS/c16-11-5-1-9(2-6-11)13(21)18-15-20-19-14(22-15)10-3-7-12(17)8-4-10/h1-8H,(H,18,20,21). The minimum absolute atomic E-state index is 0.203. The van der Waals surface area contributed by atoms with Gasteiger partial charge in [0.2, 0.25) is 5.13 Å². The van der Waals surface area contributed by atoms with Crippen LogP contribution in [0.1, 0.15) is 10.4 Å². The summed E-state index contributed by atoms with van der Waals surface area (Å²) in [5.41, 5.74) is 1.54. The van der Waals surface area contributed by atoms with Gasteiger partial charge in [0.15, 0.2) is 0 Å². The van der Waals surface area contributed by atoms with Crippen LogP contribution in [-0.4, -0.2) is 16.1 Å². The molecule has 0 spiro atoms. The van der Waals surface area contributed by atoms with Gasteiger partial charge in [-0.2, -0.15) is 0 Å². The van der Waals surface area contributed by atoms with Crippen LogP contribution in [0, 0.1) is 0 Å². The number of nitrogens with zero attached hydrogens (tertiary/aromatic N) is 2. The maximum Gasteiger partial charge on any atom is 0.257 e. The third-order valence-corrected chi connectivity index (χ3v) is 4.79. The van der Waals surface area contributed by atoms with Gasteiger partial charge in [0.05, 0.1) is 0 Å². The Morgan fingerprint density at radius 3 is 2.14 bits per heavy atom. The highest BCUT2D eigenvalue weighted by molar-refractivity contribution is 9.10. The van der Waals surface area contributed by atoms with Crippen molar-refractivity contribution in [2.24, 2.45) is 0 Å². The fraction of sp³-hybridized carbons (Fsp3) is 0. The molecular weight excluding hydrogens is 430 g/mol. The Labute approximate surface area is 147 Å². The third-order valence-electron chi connectivity index (χ3n) is 2.84. The van der Waals surface area contributed by atoms with E-state index in [-0.39, 0.29) is 5.91 Å². The van der Waals surface area contributed by atoms with Gasteiger partial charge in [-0.05, 0) is 36.4 Å². The van der Waals surface area contributed by atoms with Crippen LogP contribution in [-0.2, 0) is 0 Å². The molecule has 0 atom stereocenters. The number of anilines is 1. The van der Waals surface area contributed by atoms with Gasteiger partial charge in [-0.25, -0.2) is 0 Å². The van der Waals surface area contributed by atoms with Crippen LogP contribution in [0.2, 0.25) is 0 Å². The molecule has 3 aromatic rings. The number of halogens is 2. The Bertz CT molecular complexity index is 800. The van der Waals surface area contributed by atoms with Crippen LogP contribution in [0.5, 0.6) is 0 Å². The lowest BCUT2D eigenvalue weighted by molar-refractivity contribution is 0.102. The average Bonchev–Trinajstić information content (AvgIpc) is 2.97. The number of rotatable bonds is 3.